The van der Waals surface area contributed by atoms with Crippen molar-refractivity contribution in [3.8, 4) is 0 Å². The Morgan fingerprint density at radius 2 is 2.53 bits per heavy atom. The molecular weight excluding hydrogens is 240 g/mol. The number of rotatable bonds is 4. The molecule has 19 heavy (non-hydrogen) atoms. The standard InChI is InChI=1S/C14H24N4O/c1-10-4-3-5-14(2,7-10)18-13(19)12(15)6-11-8-16-9-17-11/h8-10,12H,3-7,15H2,1-2H3,(H,16,17)(H,18,19)/t10?,12-,14?/m0/s1. The highest BCUT2D eigenvalue weighted by Crippen LogP contribution is 2.31. The van der Waals surface area contributed by atoms with E-state index in [9.17, 15) is 4.79 Å². The van der Waals surface area contributed by atoms with E-state index in [4.69, 9.17) is 5.73 Å². The summed E-state index contributed by atoms with van der Waals surface area (Å²) in [4.78, 5) is 19.1. The fourth-order valence-electron chi connectivity index (χ4n) is 3.04. The fraction of sp³-hybridized carbons (Fsp3) is 0.714. The van der Waals surface area contributed by atoms with E-state index in [1.807, 2.05) is 0 Å². The van der Waals surface area contributed by atoms with Crippen molar-refractivity contribution < 1.29 is 4.79 Å². The van der Waals surface area contributed by atoms with E-state index in [1.54, 1.807) is 12.5 Å². The highest BCUT2D eigenvalue weighted by Gasteiger charge is 2.32. The number of carbonyl (C=O) groups is 1. The zero-order valence-corrected chi connectivity index (χ0v) is 11.8. The third kappa shape index (κ3) is 3.80. The van der Waals surface area contributed by atoms with Gasteiger partial charge in [0.05, 0.1) is 12.4 Å². The molecule has 0 aliphatic heterocycles. The van der Waals surface area contributed by atoms with Crippen LogP contribution < -0.4 is 11.1 Å². The molecule has 1 aromatic rings. The molecule has 5 nitrogen and oxygen atoms in total. The van der Waals surface area contributed by atoms with Crippen molar-refractivity contribution in [3.63, 3.8) is 0 Å². The van der Waals surface area contributed by atoms with Crippen LogP contribution in [0.15, 0.2) is 12.5 Å². The van der Waals surface area contributed by atoms with Crippen LogP contribution in [0.1, 0.15) is 45.2 Å². The van der Waals surface area contributed by atoms with Gasteiger partial charge in [0, 0.05) is 23.9 Å². The molecule has 1 aliphatic carbocycles. The minimum Gasteiger partial charge on any atom is -0.350 e. The van der Waals surface area contributed by atoms with Crippen molar-refractivity contribution in [2.75, 3.05) is 0 Å². The first-order valence-corrected chi connectivity index (χ1v) is 7.03. The third-order valence-electron chi connectivity index (χ3n) is 3.98. The largest absolute Gasteiger partial charge is 0.350 e. The van der Waals surface area contributed by atoms with E-state index >= 15 is 0 Å². The molecule has 1 saturated carbocycles. The van der Waals surface area contributed by atoms with Gasteiger partial charge in [-0.25, -0.2) is 4.98 Å². The first-order valence-electron chi connectivity index (χ1n) is 7.03. The smallest absolute Gasteiger partial charge is 0.237 e. The normalized spacial score (nSPS) is 28.9. The Kier molecular flexibility index (Phi) is 4.24. The van der Waals surface area contributed by atoms with Crippen molar-refractivity contribution >= 4 is 5.91 Å². The number of nitrogens with zero attached hydrogens (tertiary/aromatic N) is 1. The van der Waals surface area contributed by atoms with E-state index in [0.717, 1.165) is 18.5 Å². The Hall–Kier alpha value is -1.36. The molecule has 5 heteroatoms. The lowest BCUT2D eigenvalue weighted by atomic mass is 9.77. The lowest BCUT2D eigenvalue weighted by molar-refractivity contribution is -0.124. The number of nitrogens with one attached hydrogen (secondary N) is 2. The van der Waals surface area contributed by atoms with Crippen LogP contribution in [0.25, 0.3) is 0 Å². The van der Waals surface area contributed by atoms with Crippen LogP contribution in [0.4, 0.5) is 0 Å². The SMILES string of the molecule is CC1CCCC(C)(NC(=O)[C@@H](N)Cc2cnc[nH]2)C1. The molecular formula is C14H24N4O. The van der Waals surface area contributed by atoms with E-state index in [-0.39, 0.29) is 11.4 Å². The molecule has 4 N–H and O–H groups in total. The van der Waals surface area contributed by atoms with E-state index < -0.39 is 6.04 Å². The molecule has 0 radical (unpaired) electrons. The summed E-state index contributed by atoms with van der Waals surface area (Å²) in [5, 5.41) is 3.14. The Morgan fingerprint density at radius 1 is 1.74 bits per heavy atom. The number of amides is 1. The van der Waals surface area contributed by atoms with Gasteiger partial charge < -0.3 is 16.0 Å². The van der Waals surface area contributed by atoms with Gasteiger partial charge in [0.2, 0.25) is 5.91 Å². The fourth-order valence-corrected chi connectivity index (χ4v) is 3.04. The van der Waals surface area contributed by atoms with Gasteiger partial charge in [-0.3, -0.25) is 4.79 Å². The van der Waals surface area contributed by atoms with Crippen LogP contribution in [0.3, 0.4) is 0 Å². The summed E-state index contributed by atoms with van der Waals surface area (Å²) in [5.74, 6) is 0.606. The summed E-state index contributed by atoms with van der Waals surface area (Å²) < 4.78 is 0. The van der Waals surface area contributed by atoms with Crippen LogP contribution in [-0.2, 0) is 11.2 Å². The summed E-state index contributed by atoms with van der Waals surface area (Å²) in [6.07, 6.45) is 8.31. The lowest BCUT2D eigenvalue weighted by Crippen LogP contribution is -2.54. The summed E-state index contributed by atoms with van der Waals surface area (Å²) in [5.41, 5.74) is 6.76. The van der Waals surface area contributed by atoms with Crippen LogP contribution in [-0.4, -0.2) is 27.5 Å². The van der Waals surface area contributed by atoms with Gasteiger partial charge in [-0.2, -0.15) is 0 Å². The average molecular weight is 264 g/mol. The number of carbonyl (C=O) groups excluding carboxylic acids is 1. The Balaban J connectivity index is 1.89. The summed E-state index contributed by atoms with van der Waals surface area (Å²) in [6.45, 7) is 4.37. The van der Waals surface area contributed by atoms with E-state index in [2.05, 4.69) is 29.1 Å². The van der Waals surface area contributed by atoms with Gasteiger partial charge in [0.15, 0.2) is 0 Å². The molecule has 0 aromatic carbocycles. The minimum absolute atomic E-state index is 0.0637. The Labute approximate surface area is 114 Å². The summed E-state index contributed by atoms with van der Waals surface area (Å²) in [6, 6.07) is -0.519. The number of nitrogens with two attached hydrogens (primary N) is 1. The Bertz CT molecular complexity index is 417. The van der Waals surface area contributed by atoms with Gasteiger partial charge in [-0.15, -0.1) is 0 Å². The van der Waals surface area contributed by atoms with E-state index in [0.29, 0.717) is 12.3 Å². The lowest BCUT2D eigenvalue weighted by Gasteiger charge is -2.38. The molecule has 3 atom stereocenters. The molecule has 106 valence electrons. The molecule has 1 amide bonds. The van der Waals surface area contributed by atoms with Crippen molar-refractivity contribution in [2.45, 2.75) is 57.5 Å². The van der Waals surface area contributed by atoms with Crippen molar-refractivity contribution in [3.05, 3.63) is 18.2 Å². The van der Waals surface area contributed by atoms with Gasteiger partial charge in [-0.05, 0) is 25.7 Å². The maximum atomic E-state index is 12.2. The van der Waals surface area contributed by atoms with Crippen LogP contribution in [0.2, 0.25) is 0 Å². The Morgan fingerprint density at radius 3 is 3.16 bits per heavy atom. The third-order valence-corrected chi connectivity index (χ3v) is 3.98. The molecule has 1 heterocycles. The summed E-state index contributed by atoms with van der Waals surface area (Å²) >= 11 is 0. The first-order chi connectivity index (χ1) is 8.98. The second kappa shape index (κ2) is 5.74. The number of aromatic amines is 1. The number of aromatic nitrogens is 2. The molecule has 2 rings (SSSR count). The molecule has 2 unspecified atom stereocenters. The molecule has 1 aliphatic rings. The average Bonchev–Trinajstić information content (AvgIpc) is 2.80. The van der Waals surface area contributed by atoms with Gasteiger partial charge in [0.1, 0.15) is 0 Å². The minimum atomic E-state index is -0.519. The monoisotopic (exact) mass is 264 g/mol. The predicted molar refractivity (Wildman–Crippen MR) is 74.4 cm³/mol. The van der Waals surface area contributed by atoms with Crippen LogP contribution >= 0.6 is 0 Å². The first kappa shape index (κ1) is 14.1. The van der Waals surface area contributed by atoms with Crippen LogP contribution in [0, 0.1) is 5.92 Å². The molecule has 1 fully saturated rings. The van der Waals surface area contributed by atoms with Gasteiger partial charge in [0.25, 0.3) is 0 Å². The van der Waals surface area contributed by atoms with Gasteiger partial charge in [-0.1, -0.05) is 19.8 Å². The number of hydrogen-bond donors (Lipinski definition) is 3. The van der Waals surface area contributed by atoms with Gasteiger partial charge >= 0.3 is 0 Å². The van der Waals surface area contributed by atoms with Crippen molar-refractivity contribution in [1.82, 2.24) is 15.3 Å². The quantitative estimate of drug-likeness (QED) is 0.768. The maximum Gasteiger partial charge on any atom is 0.237 e. The second-order valence-electron chi connectivity index (χ2n) is 6.14. The van der Waals surface area contributed by atoms with Crippen LogP contribution in [0.5, 0.6) is 0 Å². The number of H-pyrrole nitrogens is 1. The predicted octanol–water partition coefficient (Wildman–Crippen LogP) is 1.36. The zero-order chi connectivity index (χ0) is 13.9. The van der Waals surface area contributed by atoms with Crippen molar-refractivity contribution in [1.29, 1.82) is 0 Å². The summed E-state index contributed by atoms with van der Waals surface area (Å²) in [7, 11) is 0. The highest BCUT2D eigenvalue weighted by atomic mass is 16.2. The second-order valence-corrected chi connectivity index (χ2v) is 6.14. The van der Waals surface area contributed by atoms with Crippen molar-refractivity contribution in [2.24, 2.45) is 11.7 Å². The molecule has 0 bridgehead atoms. The zero-order valence-electron chi connectivity index (χ0n) is 11.8. The molecule has 0 saturated heterocycles. The number of imidazole rings is 1. The van der Waals surface area contributed by atoms with E-state index in [1.165, 1.54) is 12.8 Å². The molecule has 0 spiro atoms. The topological polar surface area (TPSA) is 83.8 Å². The number of hydrogen-bond acceptors (Lipinski definition) is 3. The maximum absolute atomic E-state index is 12.2. The highest BCUT2D eigenvalue weighted by molar-refractivity contribution is 5.82. The molecule has 1 aromatic heterocycles.